The molecule has 12 nitrogen and oxygen atoms in total. The van der Waals surface area contributed by atoms with E-state index in [0.29, 0.717) is 18.9 Å². The highest BCUT2D eigenvalue weighted by Crippen LogP contribution is 2.50. The Labute approximate surface area is 342 Å². The van der Waals surface area contributed by atoms with Crippen molar-refractivity contribution in [1.82, 2.24) is 40.0 Å². The maximum atomic E-state index is 13.7. The molecule has 2 aromatic heterocycles. The average Bonchev–Trinajstić information content (AvgIpc) is 4.06. The first-order valence-electron chi connectivity index (χ1n) is 21.5. The van der Waals surface area contributed by atoms with Crippen molar-refractivity contribution >= 4 is 17.9 Å². The molecule has 1 unspecified atom stereocenters. The second-order valence-electron chi connectivity index (χ2n) is 18.0. The molecule has 4 aromatic rings. The summed E-state index contributed by atoms with van der Waals surface area (Å²) in [4.78, 5) is 62.2. The number of nitrogens with zero attached hydrogens (tertiary/aromatic N) is 5. The number of aromatic nitrogens is 4. The molecule has 0 bridgehead atoms. The zero-order valence-corrected chi connectivity index (χ0v) is 35.1. The van der Waals surface area contributed by atoms with Gasteiger partial charge in [0.05, 0.1) is 43.0 Å². The minimum atomic E-state index is -0.676. The van der Waals surface area contributed by atoms with Crippen LogP contribution in [0.3, 0.4) is 0 Å². The number of benzene rings is 2. The topological polar surface area (TPSA) is 140 Å². The van der Waals surface area contributed by atoms with Crippen LogP contribution < -0.4 is 5.32 Å². The molecular weight excluding hydrogens is 729 g/mol. The van der Waals surface area contributed by atoms with Crippen molar-refractivity contribution in [3.8, 4) is 33.6 Å². The van der Waals surface area contributed by atoms with Crippen molar-refractivity contribution in [2.75, 3.05) is 40.3 Å². The van der Waals surface area contributed by atoms with Gasteiger partial charge in [0.15, 0.2) is 0 Å². The first kappa shape index (κ1) is 39.8. The number of amides is 3. The number of alkyl carbamates (subject to hydrolysis) is 1. The quantitative estimate of drug-likeness (QED) is 0.149. The highest BCUT2D eigenvalue weighted by molar-refractivity contribution is 5.86. The summed E-state index contributed by atoms with van der Waals surface area (Å²) in [5, 5.41) is 2.73. The van der Waals surface area contributed by atoms with Gasteiger partial charge in [-0.2, -0.15) is 0 Å². The number of carbonyl (C=O) groups excluding carboxylic acids is 3. The van der Waals surface area contributed by atoms with Gasteiger partial charge in [0, 0.05) is 37.0 Å². The zero-order valence-electron chi connectivity index (χ0n) is 35.1. The van der Waals surface area contributed by atoms with E-state index in [1.807, 2.05) is 36.0 Å². The van der Waals surface area contributed by atoms with E-state index in [-0.39, 0.29) is 35.2 Å². The molecule has 4 atom stereocenters. The summed E-state index contributed by atoms with van der Waals surface area (Å²) < 4.78 is 4.80. The molecule has 3 aliphatic heterocycles. The fraction of sp³-hybridized carbons (Fsp3) is 0.543. The number of H-pyrrole nitrogens is 2. The predicted molar refractivity (Wildman–Crippen MR) is 225 cm³/mol. The van der Waals surface area contributed by atoms with Crippen LogP contribution in [0.1, 0.15) is 114 Å². The molecule has 308 valence electrons. The molecule has 3 fully saturated rings. The molecule has 1 spiro atoms. The lowest BCUT2D eigenvalue weighted by Gasteiger charge is -2.39. The van der Waals surface area contributed by atoms with Gasteiger partial charge in [0.25, 0.3) is 0 Å². The Morgan fingerprint density at radius 2 is 1.47 bits per heavy atom. The first-order chi connectivity index (χ1) is 28.0. The number of hydrogen-bond acceptors (Lipinski definition) is 7. The maximum absolute atomic E-state index is 13.7. The van der Waals surface area contributed by atoms with E-state index in [9.17, 15) is 14.4 Å². The summed E-state index contributed by atoms with van der Waals surface area (Å²) in [6.45, 7) is 11.6. The third-order valence-electron chi connectivity index (χ3n) is 13.2. The molecule has 4 aliphatic rings. The van der Waals surface area contributed by atoms with Crippen LogP contribution in [-0.4, -0.2) is 98.9 Å². The zero-order chi connectivity index (χ0) is 40.7. The number of methoxy groups -OCH3 is 1. The van der Waals surface area contributed by atoms with E-state index >= 15 is 0 Å². The molecule has 1 aliphatic carbocycles. The van der Waals surface area contributed by atoms with Crippen LogP contribution in [-0.2, 0) is 26.2 Å². The second kappa shape index (κ2) is 16.4. The molecule has 12 heteroatoms. The van der Waals surface area contributed by atoms with E-state index in [0.717, 1.165) is 93.2 Å². The third kappa shape index (κ3) is 7.55. The minimum Gasteiger partial charge on any atom is -0.453 e. The summed E-state index contributed by atoms with van der Waals surface area (Å²) in [6.07, 6.45) is 11.9. The van der Waals surface area contributed by atoms with Gasteiger partial charge in [-0.3, -0.25) is 9.59 Å². The number of hydrogen-bond donors (Lipinski definition) is 3. The van der Waals surface area contributed by atoms with Crippen LogP contribution in [0.4, 0.5) is 4.79 Å². The lowest BCUT2D eigenvalue weighted by molar-refractivity contribution is -0.135. The first-order valence-corrected chi connectivity index (χ1v) is 21.5. The smallest absolute Gasteiger partial charge is 0.407 e. The Morgan fingerprint density at radius 3 is 2.12 bits per heavy atom. The fourth-order valence-electron chi connectivity index (χ4n) is 10.4. The SMILES string of the molecule is COC(=O)N[C@H](C(=O)N1CCC[C@H]1c1ncc(-c2ccc(-c3ccc(-c4cnc([C@@H]5CCCN5C(=O)CC(C)C)[nH]4)c4c3C3(CCC4)CCN(C)C3)cc2)[nH]1)C(C)C. The molecule has 58 heavy (non-hydrogen) atoms. The van der Waals surface area contributed by atoms with Crippen molar-refractivity contribution in [3.05, 3.63) is 71.6 Å². The van der Waals surface area contributed by atoms with Gasteiger partial charge in [-0.1, -0.05) is 64.1 Å². The summed E-state index contributed by atoms with van der Waals surface area (Å²) >= 11 is 0. The molecule has 0 radical (unpaired) electrons. The van der Waals surface area contributed by atoms with E-state index in [1.165, 1.54) is 41.3 Å². The van der Waals surface area contributed by atoms with Crippen LogP contribution in [0.5, 0.6) is 0 Å². The number of aromatic amines is 2. The number of likely N-dealkylation sites (tertiary alicyclic amines) is 3. The highest BCUT2D eigenvalue weighted by Gasteiger charge is 2.44. The van der Waals surface area contributed by atoms with Gasteiger partial charge in [-0.25, -0.2) is 14.8 Å². The summed E-state index contributed by atoms with van der Waals surface area (Å²) in [6, 6.07) is 12.6. The van der Waals surface area contributed by atoms with Gasteiger partial charge >= 0.3 is 6.09 Å². The van der Waals surface area contributed by atoms with Gasteiger partial charge in [-0.05, 0) is 105 Å². The Morgan fingerprint density at radius 1 is 0.828 bits per heavy atom. The van der Waals surface area contributed by atoms with Gasteiger partial charge in [0.1, 0.15) is 17.7 Å². The minimum absolute atomic E-state index is 0.00143. The van der Waals surface area contributed by atoms with Crippen LogP contribution in [0, 0.1) is 11.8 Å². The van der Waals surface area contributed by atoms with Crippen molar-refractivity contribution in [2.45, 2.75) is 109 Å². The monoisotopic (exact) mass is 788 g/mol. The Hall–Kier alpha value is -4.97. The summed E-state index contributed by atoms with van der Waals surface area (Å²) in [7, 11) is 3.56. The van der Waals surface area contributed by atoms with Crippen molar-refractivity contribution < 1.29 is 19.1 Å². The standard InChI is InChI=1S/C46H60N8O4/c1-28(2)24-39(55)53-21-8-11-37(53)42-48-26-36(50-42)33-18-17-32(40-34(33)10-7-19-46(40)20-23-52(5)27-46)30-13-15-31(16-14-30)35-25-47-43(49-35)38-12-9-22-54(38)44(56)41(29(3)4)51-45(57)58-6/h13-18,25-26,28-29,37-38,41H,7-12,19-24,27H2,1-6H3,(H,47,49)(H,48,50)(H,51,57)/t37-,38-,41-,46?/m0/s1. The van der Waals surface area contributed by atoms with Gasteiger partial charge in [0.2, 0.25) is 11.8 Å². The van der Waals surface area contributed by atoms with Crippen LogP contribution >= 0.6 is 0 Å². The fourth-order valence-corrected chi connectivity index (χ4v) is 10.4. The Kier molecular flexibility index (Phi) is 11.2. The number of rotatable bonds is 10. The third-order valence-corrected chi connectivity index (χ3v) is 13.2. The lowest BCUT2D eigenvalue weighted by Crippen LogP contribution is -2.51. The normalized spacial score (nSPS) is 22.6. The molecule has 3 saturated heterocycles. The van der Waals surface area contributed by atoms with Crippen LogP contribution in [0.25, 0.3) is 33.6 Å². The second-order valence-corrected chi connectivity index (χ2v) is 18.0. The van der Waals surface area contributed by atoms with Crippen molar-refractivity contribution in [2.24, 2.45) is 11.8 Å². The number of likely N-dealkylation sites (N-methyl/N-ethyl adjacent to an activating group) is 1. The van der Waals surface area contributed by atoms with E-state index in [2.05, 4.69) is 77.5 Å². The number of fused-ring (bicyclic) bond motifs is 2. The number of ether oxygens (including phenoxy) is 1. The Bertz CT molecular complexity index is 2140. The predicted octanol–water partition coefficient (Wildman–Crippen LogP) is 7.80. The Balaban J connectivity index is 1.07. The molecule has 3 N–H and O–H groups in total. The van der Waals surface area contributed by atoms with Crippen LogP contribution in [0.15, 0.2) is 48.8 Å². The average molecular weight is 789 g/mol. The lowest BCUT2D eigenvalue weighted by atomic mass is 9.66. The maximum Gasteiger partial charge on any atom is 0.407 e. The highest BCUT2D eigenvalue weighted by atomic mass is 16.5. The molecule has 0 saturated carbocycles. The van der Waals surface area contributed by atoms with E-state index < -0.39 is 12.1 Å². The largest absolute Gasteiger partial charge is 0.453 e. The summed E-state index contributed by atoms with van der Waals surface area (Å²) in [5.74, 6) is 2.00. The molecule has 3 amide bonds. The molecule has 2 aromatic carbocycles. The molecular formula is C46H60N8O4. The number of nitrogens with one attached hydrogen (secondary N) is 3. The number of imidazole rings is 2. The van der Waals surface area contributed by atoms with Crippen molar-refractivity contribution in [3.63, 3.8) is 0 Å². The number of carbonyl (C=O) groups is 3. The van der Waals surface area contributed by atoms with Crippen LogP contribution in [0.2, 0.25) is 0 Å². The van der Waals surface area contributed by atoms with E-state index in [4.69, 9.17) is 14.7 Å². The van der Waals surface area contributed by atoms with Gasteiger partial charge < -0.3 is 34.7 Å². The van der Waals surface area contributed by atoms with Gasteiger partial charge in [-0.15, -0.1) is 0 Å². The van der Waals surface area contributed by atoms with E-state index in [1.54, 1.807) is 0 Å². The van der Waals surface area contributed by atoms with Crippen molar-refractivity contribution in [1.29, 1.82) is 0 Å². The molecule has 5 heterocycles. The molecule has 8 rings (SSSR count). The summed E-state index contributed by atoms with van der Waals surface area (Å²) in [5.41, 5.74) is 9.69.